The first-order valence-corrected chi connectivity index (χ1v) is 10.0. The molecule has 2 aromatic heterocycles. The summed E-state index contributed by atoms with van der Waals surface area (Å²) in [6, 6.07) is 11.5. The fourth-order valence-corrected chi connectivity index (χ4v) is 4.22. The Hall–Kier alpha value is -3.87. The van der Waals surface area contributed by atoms with E-state index < -0.39 is 17.7 Å². The van der Waals surface area contributed by atoms with Gasteiger partial charge in [-0.05, 0) is 54.4 Å². The van der Waals surface area contributed by atoms with Crippen LogP contribution >= 0.6 is 0 Å². The molecule has 156 valence electrons. The number of amides is 1. The summed E-state index contributed by atoms with van der Waals surface area (Å²) in [5.74, 6) is -0.324. The molecule has 2 atom stereocenters. The summed E-state index contributed by atoms with van der Waals surface area (Å²) in [5, 5.41) is 11.2. The van der Waals surface area contributed by atoms with Crippen molar-refractivity contribution in [3.05, 3.63) is 89.1 Å². The van der Waals surface area contributed by atoms with E-state index >= 15 is 0 Å². The number of carbonyl (C=O) groups is 2. The van der Waals surface area contributed by atoms with Gasteiger partial charge in [-0.1, -0.05) is 6.07 Å². The molecule has 0 aliphatic carbocycles. The molecule has 0 bridgehead atoms. The third-order valence-electron chi connectivity index (χ3n) is 5.62. The first kappa shape index (κ1) is 19.1. The van der Waals surface area contributed by atoms with Crippen molar-refractivity contribution in [3.8, 4) is 5.75 Å². The number of furan rings is 1. The molecule has 1 N–H and O–H groups in total. The Morgan fingerprint density at radius 3 is 2.84 bits per heavy atom. The van der Waals surface area contributed by atoms with Crippen molar-refractivity contribution >= 4 is 17.4 Å². The predicted molar refractivity (Wildman–Crippen MR) is 111 cm³/mol. The number of rotatable bonds is 4. The lowest BCUT2D eigenvalue weighted by atomic mass is 9.95. The van der Waals surface area contributed by atoms with Gasteiger partial charge in [0.25, 0.3) is 11.7 Å². The summed E-state index contributed by atoms with van der Waals surface area (Å²) < 4.78 is 11.1. The maximum absolute atomic E-state index is 13.0. The minimum absolute atomic E-state index is 0.0384. The minimum atomic E-state index is -0.776. The van der Waals surface area contributed by atoms with Crippen LogP contribution in [-0.4, -0.2) is 32.8 Å². The smallest absolute Gasteiger partial charge is 0.296 e. The van der Waals surface area contributed by atoms with E-state index in [1.54, 1.807) is 48.8 Å². The Kier molecular flexibility index (Phi) is 4.58. The highest BCUT2D eigenvalue weighted by Crippen LogP contribution is 2.41. The number of ether oxygens (including phenoxy) is 1. The van der Waals surface area contributed by atoms with Gasteiger partial charge in [-0.3, -0.25) is 14.6 Å². The maximum atomic E-state index is 13.0. The number of benzene rings is 1. The molecule has 7 nitrogen and oxygen atoms in total. The Morgan fingerprint density at radius 2 is 2.10 bits per heavy atom. The zero-order valence-corrected chi connectivity index (χ0v) is 16.8. The van der Waals surface area contributed by atoms with E-state index in [9.17, 15) is 14.7 Å². The second kappa shape index (κ2) is 7.43. The number of aliphatic hydroxyl groups excluding tert-OH is 1. The highest BCUT2D eigenvalue weighted by Gasteiger charge is 2.46. The molecule has 7 heteroatoms. The van der Waals surface area contributed by atoms with E-state index in [0.717, 1.165) is 17.7 Å². The molecule has 1 aromatic carbocycles. The molecule has 0 saturated carbocycles. The number of hydrogen-bond donors (Lipinski definition) is 1. The molecule has 0 spiro atoms. The van der Waals surface area contributed by atoms with Gasteiger partial charge >= 0.3 is 0 Å². The molecule has 31 heavy (non-hydrogen) atoms. The monoisotopic (exact) mass is 416 g/mol. The number of aliphatic hydroxyl groups is 1. The van der Waals surface area contributed by atoms with Crippen molar-refractivity contribution in [1.82, 2.24) is 9.88 Å². The highest BCUT2D eigenvalue weighted by molar-refractivity contribution is 6.46. The van der Waals surface area contributed by atoms with Gasteiger partial charge in [-0.25, -0.2) is 0 Å². The SMILES string of the molecule is CC1Cc2cc(C(O)=C3C(=O)C(=O)N(Cc4ccco4)C3c3cccnc3)ccc2O1. The molecule has 2 unspecified atom stereocenters. The van der Waals surface area contributed by atoms with Crippen LogP contribution in [0.4, 0.5) is 0 Å². The molecule has 3 aromatic rings. The third kappa shape index (κ3) is 3.28. The van der Waals surface area contributed by atoms with Crippen molar-refractivity contribution in [3.63, 3.8) is 0 Å². The van der Waals surface area contributed by atoms with Crippen molar-refractivity contribution in [1.29, 1.82) is 0 Å². The first-order chi connectivity index (χ1) is 15.0. The summed E-state index contributed by atoms with van der Waals surface area (Å²) >= 11 is 0. The largest absolute Gasteiger partial charge is 0.507 e. The Balaban J connectivity index is 1.62. The molecule has 1 saturated heterocycles. The second-order valence-electron chi connectivity index (χ2n) is 7.75. The fraction of sp³-hybridized carbons (Fsp3) is 0.208. The average molecular weight is 416 g/mol. The molecule has 5 rings (SSSR count). The van der Waals surface area contributed by atoms with Crippen LogP contribution in [0.15, 0.2) is 71.1 Å². The molecular weight excluding hydrogens is 396 g/mol. The van der Waals surface area contributed by atoms with Crippen LogP contribution in [0.1, 0.15) is 35.4 Å². The van der Waals surface area contributed by atoms with E-state index in [-0.39, 0.29) is 24.0 Å². The lowest BCUT2D eigenvalue weighted by molar-refractivity contribution is -0.140. The van der Waals surface area contributed by atoms with E-state index in [4.69, 9.17) is 9.15 Å². The fourth-order valence-electron chi connectivity index (χ4n) is 4.22. The average Bonchev–Trinajstić information content (AvgIpc) is 3.48. The molecular formula is C24H20N2O5. The standard InChI is InChI=1S/C24H20N2O5/c1-14-10-17-11-15(6-7-19(17)31-14)22(27)20-21(16-4-2-8-25-12-16)26(24(29)23(20)28)13-18-5-3-9-30-18/h2-9,11-12,14,21,27H,10,13H2,1H3. The summed E-state index contributed by atoms with van der Waals surface area (Å²) in [7, 11) is 0. The van der Waals surface area contributed by atoms with Crippen LogP contribution in [-0.2, 0) is 22.6 Å². The number of Topliss-reactive ketones (excluding diaryl/α,β-unsaturated/α-hetero) is 1. The number of nitrogens with zero attached hydrogens (tertiary/aromatic N) is 2. The lowest BCUT2D eigenvalue weighted by Gasteiger charge is -2.24. The summed E-state index contributed by atoms with van der Waals surface area (Å²) in [5.41, 5.74) is 2.10. The van der Waals surface area contributed by atoms with Crippen molar-refractivity contribution in [2.24, 2.45) is 0 Å². The second-order valence-corrected chi connectivity index (χ2v) is 7.75. The number of likely N-dealkylation sites (tertiary alicyclic amines) is 1. The lowest BCUT2D eigenvalue weighted by Crippen LogP contribution is -2.29. The van der Waals surface area contributed by atoms with Gasteiger partial charge in [-0.15, -0.1) is 0 Å². The minimum Gasteiger partial charge on any atom is -0.507 e. The van der Waals surface area contributed by atoms with E-state index in [2.05, 4.69) is 4.98 Å². The van der Waals surface area contributed by atoms with Gasteiger partial charge in [0, 0.05) is 24.4 Å². The number of aromatic nitrogens is 1. The van der Waals surface area contributed by atoms with Crippen LogP contribution < -0.4 is 4.74 Å². The third-order valence-corrected chi connectivity index (χ3v) is 5.62. The zero-order valence-electron chi connectivity index (χ0n) is 16.8. The zero-order chi connectivity index (χ0) is 21.5. The number of pyridine rings is 1. The summed E-state index contributed by atoms with van der Waals surface area (Å²) in [6.07, 6.45) is 5.50. The van der Waals surface area contributed by atoms with Crippen LogP contribution in [0.2, 0.25) is 0 Å². The van der Waals surface area contributed by atoms with Gasteiger partial charge < -0.3 is 19.2 Å². The normalized spacial score (nSPS) is 21.9. The Bertz CT molecular complexity index is 1180. The number of ketones is 1. The van der Waals surface area contributed by atoms with Crippen LogP contribution in [0.3, 0.4) is 0 Å². The predicted octanol–water partition coefficient (Wildman–Crippen LogP) is 3.62. The summed E-state index contributed by atoms with van der Waals surface area (Å²) in [6.45, 7) is 2.07. The number of fused-ring (bicyclic) bond motifs is 1. The van der Waals surface area contributed by atoms with Crippen LogP contribution in [0.25, 0.3) is 5.76 Å². The molecule has 0 radical (unpaired) electrons. The van der Waals surface area contributed by atoms with E-state index in [1.807, 2.05) is 13.0 Å². The summed E-state index contributed by atoms with van der Waals surface area (Å²) in [4.78, 5) is 31.5. The van der Waals surface area contributed by atoms with Gasteiger partial charge in [0.15, 0.2) is 0 Å². The highest BCUT2D eigenvalue weighted by atomic mass is 16.5. The van der Waals surface area contributed by atoms with Crippen LogP contribution in [0, 0.1) is 0 Å². The molecule has 1 amide bonds. The first-order valence-electron chi connectivity index (χ1n) is 10.0. The Morgan fingerprint density at radius 1 is 1.23 bits per heavy atom. The Labute approximate surface area is 178 Å². The van der Waals surface area contributed by atoms with Crippen molar-refractivity contribution < 1.29 is 23.8 Å². The maximum Gasteiger partial charge on any atom is 0.296 e. The molecule has 2 aliphatic rings. The number of hydrogen-bond acceptors (Lipinski definition) is 6. The van der Waals surface area contributed by atoms with Gasteiger partial charge in [0.05, 0.1) is 24.4 Å². The van der Waals surface area contributed by atoms with E-state index in [0.29, 0.717) is 16.9 Å². The molecule has 1 fully saturated rings. The quantitative estimate of drug-likeness (QED) is 0.397. The van der Waals surface area contributed by atoms with Gasteiger partial charge in [0.1, 0.15) is 23.4 Å². The van der Waals surface area contributed by atoms with Gasteiger partial charge in [0.2, 0.25) is 0 Å². The molecule has 2 aliphatic heterocycles. The van der Waals surface area contributed by atoms with Crippen molar-refractivity contribution in [2.75, 3.05) is 0 Å². The molecule has 4 heterocycles. The van der Waals surface area contributed by atoms with E-state index in [1.165, 1.54) is 11.2 Å². The van der Waals surface area contributed by atoms with Crippen LogP contribution in [0.5, 0.6) is 5.75 Å². The van der Waals surface area contributed by atoms with Crippen molar-refractivity contribution in [2.45, 2.75) is 32.0 Å². The topological polar surface area (TPSA) is 92.9 Å². The van der Waals surface area contributed by atoms with Gasteiger partial charge in [-0.2, -0.15) is 0 Å². The number of carbonyl (C=O) groups excluding carboxylic acids is 2.